The highest BCUT2D eigenvalue weighted by Crippen LogP contribution is 2.32. The van der Waals surface area contributed by atoms with E-state index in [0.717, 1.165) is 10.9 Å². The van der Waals surface area contributed by atoms with Gasteiger partial charge in [0.25, 0.3) is 5.91 Å². The summed E-state index contributed by atoms with van der Waals surface area (Å²) < 4.78 is 10.8. The molecule has 2 rings (SSSR count). The van der Waals surface area contributed by atoms with Crippen molar-refractivity contribution in [3.8, 4) is 11.5 Å². The Bertz CT molecular complexity index is 592. The van der Waals surface area contributed by atoms with E-state index in [4.69, 9.17) is 15.2 Å². The predicted molar refractivity (Wildman–Crippen MR) is 72.8 cm³/mol. The van der Waals surface area contributed by atoms with Gasteiger partial charge < -0.3 is 25.5 Å². The predicted octanol–water partition coefficient (Wildman–Crippen LogP) is 0.874. The van der Waals surface area contributed by atoms with E-state index in [1.54, 1.807) is 26.3 Å². The first-order chi connectivity index (χ1) is 9.19. The minimum absolute atomic E-state index is 0.167. The standard InChI is InChI=1S/C13H17N3O3/c1-15-13(17)10-5-8-6-12(19-4-3-14)11(18-2)7-9(8)16-10/h5-7,16H,3-4,14H2,1-2H3,(H,15,17). The van der Waals surface area contributed by atoms with Crippen molar-refractivity contribution in [1.82, 2.24) is 10.3 Å². The number of carbonyl (C=O) groups excluding carboxylic acids is 1. The number of H-pyrrole nitrogens is 1. The smallest absolute Gasteiger partial charge is 0.267 e. The fraction of sp³-hybridized carbons (Fsp3) is 0.308. The van der Waals surface area contributed by atoms with Gasteiger partial charge in [0.05, 0.1) is 7.11 Å². The Morgan fingerprint density at radius 2 is 2.16 bits per heavy atom. The number of hydrogen-bond acceptors (Lipinski definition) is 4. The molecule has 1 aromatic heterocycles. The number of aromatic nitrogens is 1. The van der Waals surface area contributed by atoms with Crippen LogP contribution in [0.2, 0.25) is 0 Å². The molecule has 1 amide bonds. The molecule has 2 aromatic rings. The molecule has 102 valence electrons. The fourth-order valence-electron chi connectivity index (χ4n) is 1.84. The fourth-order valence-corrected chi connectivity index (χ4v) is 1.84. The van der Waals surface area contributed by atoms with E-state index in [1.165, 1.54) is 0 Å². The molecule has 0 fully saturated rings. The number of fused-ring (bicyclic) bond motifs is 1. The van der Waals surface area contributed by atoms with Gasteiger partial charge in [-0.05, 0) is 12.1 Å². The second kappa shape index (κ2) is 5.62. The first-order valence-corrected chi connectivity index (χ1v) is 5.95. The largest absolute Gasteiger partial charge is 0.493 e. The maximum Gasteiger partial charge on any atom is 0.267 e. The van der Waals surface area contributed by atoms with Crippen LogP contribution in [0.15, 0.2) is 18.2 Å². The van der Waals surface area contributed by atoms with Gasteiger partial charge in [-0.1, -0.05) is 0 Å². The Hall–Kier alpha value is -2.21. The SMILES string of the molecule is CNC(=O)c1cc2cc(OCCN)c(OC)cc2[nH]1. The molecule has 0 aliphatic rings. The van der Waals surface area contributed by atoms with Gasteiger partial charge in [-0.2, -0.15) is 0 Å². The maximum atomic E-state index is 11.6. The highest BCUT2D eigenvalue weighted by molar-refractivity contribution is 5.98. The summed E-state index contributed by atoms with van der Waals surface area (Å²) in [5.74, 6) is 1.05. The number of nitrogens with two attached hydrogens (primary N) is 1. The van der Waals surface area contributed by atoms with Gasteiger partial charge in [-0.25, -0.2) is 0 Å². The van der Waals surface area contributed by atoms with E-state index in [1.807, 2.05) is 6.07 Å². The molecule has 1 aromatic carbocycles. The van der Waals surface area contributed by atoms with Crippen molar-refractivity contribution >= 4 is 16.8 Å². The molecule has 0 spiro atoms. The minimum Gasteiger partial charge on any atom is -0.493 e. The van der Waals surface area contributed by atoms with E-state index in [0.29, 0.717) is 30.3 Å². The summed E-state index contributed by atoms with van der Waals surface area (Å²) in [7, 11) is 3.16. The van der Waals surface area contributed by atoms with Crippen molar-refractivity contribution in [2.45, 2.75) is 0 Å². The molecular formula is C13H17N3O3. The van der Waals surface area contributed by atoms with Crippen molar-refractivity contribution in [2.24, 2.45) is 5.73 Å². The Kier molecular flexibility index (Phi) is 3.91. The molecule has 0 unspecified atom stereocenters. The lowest BCUT2D eigenvalue weighted by atomic mass is 10.2. The first-order valence-electron chi connectivity index (χ1n) is 5.95. The molecule has 6 nitrogen and oxygen atoms in total. The molecular weight excluding hydrogens is 246 g/mol. The zero-order chi connectivity index (χ0) is 13.8. The van der Waals surface area contributed by atoms with Crippen LogP contribution >= 0.6 is 0 Å². The summed E-state index contributed by atoms with van der Waals surface area (Å²) in [4.78, 5) is 14.6. The van der Waals surface area contributed by atoms with E-state index < -0.39 is 0 Å². The lowest BCUT2D eigenvalue weighted by Crippen LogP contribution is -2.17. The van der Waals surface area contributed by atoms with Gasteiger partial charge in [0.15, 0.2) is 11.5 Å². The third-order valence-corrected chi connectivity index (χ3v) is 2.75. The van der Waals surface area contributed by atoms with E-state index in [2.05, 4.69) is 10.3 Å². The van der Waals surface area contributed by atoms with E-state index >= 15 is 0 Å². The maximum absolute atomic E-state index is 11.6. The quantitative estimate of drug-likeness (QED) is 0.747. The molecule has 6 heteroatoms. The molecule has 0 radical (unpaired) electrons. The van der Waals surface area contributed by atoms with Gasteiger partial charge in [-0.3, -0.25) is 4.79 Å². The van der Waals surface area contributed by atoms with Crippen molar-refractivity contribution in [3.63, 3.8) is 0 Å². The number of rotatable bonds is 5. The minimum atomic E-state index is -0.167. The number of amides is 1. The molecule has 0 aliphatic heterocycles. The second-order valence-electron chi connectivity index (χ2n) is 3.99. The molecule has 0 aliphatic carbocycles. The van der Waals surface area contributed by atoms with Crippen LogP contribution < -0.4 is 20.5 Å². The highest BCUT2D eigenvalue weighted by atomic mass is 16.5. The van der Waals surface area contributed by atoms with Gasteiger partial charge in [-0.15, -0.1) is 0 Å². The van der Waals surface area contributed by atoms with Crippen LogP contribution in [0.3, 0.4) is 0 Å². The zero-order valence-corrected chi connectivity index (χ0v) is 10.9. The molecule has 0 saturated heterocycles. The number of aromatic amines is 1. The third-order valence-electron chi connectivity index (χ3n) is 2.75. The molecule has 0 bridgehead atoms. The van der Waals surface area contributed by atoms with E-state index in [9.17, 15) is 4.79 Å². The summed E-state index contributed by atoms with van der Waals surface area (Å²) in [5, 5.41) is 3.45. The van der Waals surface area contributed by atoms with Crippen LogP contribution in [0.1, 0.15) is 10.5 Å². The third kappa shape index (κ3) is 2.63. The summed E-state index contributed by atoms with van der Waals surface area (Å²) >= 11 is 0. The molecule has 19 heavy (non-hydrogen) atoms. The molecule has 0 atom stereocenters. The molecule has 1 heterocycles. The monoisotopic (exact) mass is 263 g/mol. The number of carbonyl (C=O) groups is 1. The van der Waals surface area contributed by atoms with Crippen LogP contribution in [0.25, 0.3) is 10.9 Å². The average molecular weight is 263 g/mol. The van der Waals surface area contributed by atoms with Crippen LogP contribution in [0, 0.1) is 0 Å². The topological polar surface area (TPSA) is 89.4 Å². The van der Waals surface area contributed by atoms with Crippen LogP contribution in [-0.4, -0.2) is 38.2 Å². The lowest BCUT2D eigenvalue weighted by Gasteiger charge is -2.09. The van der Waals surface area contributed by atoms with Gasteiger partial charge in [0.2, 0.25) is 0 Å². The van der Waals surface area contributed by atoms with Gasteiger partial charge in [0, 0.05) is 30.6 Å². The highest BCUT2D eigenvalue weighted by Gasteiger charge is 2.12. The van der Waals surface area contributed by atoms with Crippen molar-refractivity contribution in [2.75, 3.05) is 27.3 Å². The molecule has 4 N–H and O–H groups in total. The number of ether oxygens (including phenoxy) is 2. The van der Waals surface area contributed by atoms with Gasteiger partial charge >= 0.3 is 0 Å². The van der Waals surface area contributed by atoms with Crippen LogP contribution in [0.5, 0.6) is 11.5 Å². The Balaban J connectivity index is 2.44. The Labute approximate surface area is 110 Å². The average Bonchev–Trinajstić information content (AvgIpc) is 2.85. The normalized spacial score (nSPS) is 10.5. The summed E-state index contributed by atoms with van der Waals surface area (Å²) in [5.41, 5.74) is 6.73. The Morgan fingerprint density at radius 1 is 1.37 bits per heavy atom. The van der Waals surface area contributed by atoms with Crippen molar-refractivity contribution in [1.29, 1.82) is 0 Å². The molecule has 0 saturated carbocycles. The first kappa shape index (κ1) is 13.2. The summed E-state index contributed by atoms with van der Waals surface area (Å²) in [6.07, 6.45) is 0. The number of benzene rings is 1. The van der Waals surface area contributed by atoms with Crippen molar-refractivity contribution < 1.29 is 14.3 Å². The summed E-state index contributed by atoms with van der Waals surface area (Å²) in [6, 6.07) is 5.39. The number of methoxy groups -OCH3 is 1. The number of hydrogen-bond donors (Lipinski definition) is 3. The summed E-state index contributed by atoms with van der Waals surface area (Å²) in [6.45, 7) is 0.840. The van der Waals surface area contributed by atoms with Crippen LogP contribution in [0.4, 0.5) is 0 Å². The Morgan fingerprint density at radius 3 is 2.79 bits per heavy atom. The zero-order valence-electron chi connectivity index (χ0n) is 10.9. The van der Waals surface area contributed by atoms with E-state index in [-0.39, 0.29) is 5.91 Å². The van der Waals surface area contributed by atoms with Gasteiger partial charge in [0.1, 0.15) is 12.3 Å². The van der Waals surface area contributed by atoms with Crippen molar-refractivity contribution in [3.05, 3.63) is 23.9 Å². The lowest BCUT2D eigenvalue weighted by molar-refractivity contribution is 0.0959. The second-order valence-corrected chi connectivity index (χ2v) is 3.99. The number of nitrogens with one attached hydrogen (secondary N) is 2. The van der Waals surface area contributed by atoms with Crippen LogP contribution in [-0.2, 0) is 0 Å².